The minimum Gasteiger partial charge on any atom is -0.462 e. The number of hydrogen-bond acceptors (Lipinski definition) is 2. The lowest BCUT2D eigenvalue weighted by Gasteiger charge is -2.08. The first kappa shape index (κ1) is 14.1. The van der Waals surface area contributed by atoms with Crippen LogP contribution in [0.4, 0.5) is 0 Å². The zero-order valence-corrected chi connectivity index (χ0v) is 12.4. The summed E-state index contributed by atoms with van der Waals surface area (Å²) < 4.78 is 5.37. The van der Waals surface area contributed by atoms with Crippen molar-refractivity contribution >= 4 is 12.0 Å². The lowest BCUT2D eigenvalue weighted by atomic mass is 10.1. The van der Waals surface area contributed by atoms with Gasteiger partial charge in [0.15, 0.2) is 0 Å². The van der Waals surface area contributed by atoms with Crippen molar-refractivity contribution < 1.29 is 9.53 Å². The average molecular weight is 282 g/mol. The van der Waals surface area contributed by atoms with Gasteiger partial charge in [-0.1, -0.05) is 49.9 Å². The molecular formula is C19H22O2. The maximum atomic E-state index is 12.0. The summed E-state index contributed by atoms with van der Waals surface area (Å²) in [5, 5.41) is 0. The highest BCUT2D eigenvalue weighted by atomic mass is 16.5. The molecule has 2 heteroatoms. The summed E-state index contributed by atoms with van der Waals surface area (Å²) in [6.45, 7) is 8.12. The van der Waals surface area contributed by atoms with E-state index in [1.54, 1.807) is 0 Å². The molecule has 2 saturated carbocycles. The first-order chi connectivity index (χ1) is 10.2. The van der Waals surface area contributed by atoms with Gasteiger partial charge in [0.1, 0.15) is 0 Å². The SMILES string of the molecule is C=Cc1ccc(CCOC(=O)C(=C)C2C3CCCC32)cc1. The Hall–Kier alpha value is -1.83. The lowest BCUT2D eigenvalue weighted by molar-refractivity contribution is -0.139. The predicted molar refractivity (Wildman–Crippen MR) is 84.7 cm³/mol. The first-order valence-electron chi connectivity index (χ1n) is 7.78. The van der Waals surface area contributed by atoms with Crippen LogP contribution in [0, 0.1) is 17.8 Å². The van der Waals surface area contributed by atoms with Crippen LogP contribution in [0.25, 0.3) is 6.08 Å². The maximum Gasteiger partial charge on any atom is 0.333 e. The molecule has 1 aromatic carbocycles. The summed E-state index contributed by atoms with van der Waals surface area (Å²) in [6, 6.07) is 8.14. The highest BCUT2D eigenvalue weighted by Gasteiger charge is 2.55. The summed E-state index contributed by atoms with van der Waals surface area (Å²) in [6.07, 6.45) is 6.40. The van der Waals surface area contributed by atoms with Crippen LogP contribution >= 0.6 is 0 Å². The number of esters is 1. The molecule has 3 rings (SSSR count). The van der Waals surface area contributed by atoms with Crippen LogP contribution in [0.15, 0.2) is 43.0 Å². The molecule has 0 bridgehead atoms. The molecule has 2 fully saturated rings. The van der Waals surface area contributed by atoms with Gasteiger partial charge in [-0.15, -0.1) is 0 Å². The smallest absolute Gasteiger partial charge is 0.333 e. The number of ether oxygens (including phenoxy) is 1. The van der Waals surface area contributed by atoms with Crippen LogP contribution in [0.1, 0.15) is 30.4 Å². The van der Waals surface area contributed by atoms with Crippen molar-refractivity contribution in [1.29, 1.82) is 0 Å². The maximum absolute atomic E-state index is 12.0. The standard InChI is InChI=1S/C19H22O2/c1-3-14-7-9-15(10-8-14)11-12-21-19(20)13(2)18-16-5-4-6-17(16)18/h3,7-10,16-18H,1-2,4-6,11-12H2. The van der Waals surface area contributed by atoms with Gasteiger partial charge in [0.2, 0.25) is 0 Å². The quantitative estimate of drug-likeness (QED) is 0.582. The van der Waals surface area contributed by atoms with Crippen LogP contribution in [-0.4, -0.2) is 12.6 Å². The monoisotopic (exact) mass is 282 g/mol. The van der Waals surface area contributed by atoms with Gasteiger partial charge in [0.25, 0.3) is 0 Å². The van der Waals surface area contributed by atoms with E-state index < -0.39 is 0 Å². The fraction of sp³-hybridized carbons (Fsp3) is 0.421. The first-order valence-corrected chi connectivity index (χ1v) is 7.78. The van der Waals surface area contributed by atoms with Crippen LogP contribution in [-0.2, 0) is 16.0 Å². The van der Waals surface area contributed by atoms with Crippen molar-refractivity contribution in [2.24, 2.45) is 17.8 Å². The molecular weight excluding hydrogens is 260 g/mol. The van der Waals surface area contributed by atoms with Crippen LogP contribution in [0.5, 0.6) is 0 Å². The second kappa shape index (κ2) is 5.88. The van der Waals surface area contributed by atoms with E-state index in [2.05, 4.69) is 13.2 Å². The van der Waals surface area contributed by atoms with E-state index in [0.717, 1.165) is 23.8 Å². The highest BCUT2D eigenvalue weighted by Crippen LogP contribution is 2.60. The third kappa shape index (κ3) is 2.94. The highest BCUT2D eigenvalue weighted by molar-refractivity contribution is 5.89. The van der Waals surface area contributed by atoms with E-state index in [1.165, 1.54) is 24.8 Å². The second-order valence-corrected chi connectivity index (χ2v) is 6.14. The Morgan fingerprint density at radius 2 is 1.90 bits per heavy atom. The molecule has 0 amide bonds. The molecule has 21 heavy (non-hydrogen) atoms. The predicted octanol–water partition coefficient (Wildman–Crippen LogP) is 4.02. The summed E-state index contributed by atoms with van der Waals surface area (Å²) >= 11 is 0. The van der Waals surface area contributed by atoms with Gasteiger partial charge < -0.3 is 4.74 Å². The summed E-state index contributed by atoms with van der Waals surface area (Å²) in [5.41, 5.74) is 2.97. The zero-order chi connectivity index (χ0) is 14.8. The summed E-state index contributed by atoms with van der Waals surface area (Å²) in [5.74, 6) is 1.66. The molecule has 110 valence electrons. The Morgan fingerprint density at radius 3 is 2.52 bits per heavy atom. The van der Waals surface area contributed by atoms with Crippen molar-refractivity contribution in [3.05, 3.63) is 54.1 Å². The molecule has 2 nitrogen and oxygen atoms in total. The molecule has 0 radical (unpaired) electrons. The Labute approximate surface area is 126 Å². The van der Waals surface area contributed by atoms with E-state index in [-0.39, 0.29) is 5.97 Å². The van der Waals surface area contributed by atoms with Crippen LogP contribution < -0.4 is 0 Å². The van der Waals surface area contributed by atoms with Gasteiger partial charge in [-0.25, -0.2) is 4.79 Å². The van der Waals surface area contributed by atoms with Gasteiger partial charge in [0, 0.05) is 12.0 Å². The third-order valence-electron chi connectivity index (χ3n) is 4.91. The molecule has 1 aromatic rings. The van der Waals surface area contributed by atoms with Crippen molar-refractivity contribution in [2.75, 3.05) is 6.61 Å². The lowest BCUT2D eigenvalue weighted by Crippen LogP contribution is -2.12. The molecule has 0 spiro atoms. The van der Waals surface area contributed by atoms with Crippen LogP contribution in [0.3, 0.4) is 0 Å². The number of benzene rings is 1. The molecule has 0 saturated heterocycles. The van der Waals surface area contributed by atoms with E-state index in [9.17, 15) is 4.79 Å². The summed E-state index contributed by atoms with van der Waals surface area (Å²) in [4.78, 5) is 12.0. The van der Waals surface area contributed by atoms with E-state index in [4.69, 9.17) is 4.74 Å². The molecule has 0 aromatic heterocycles. The van der Waals surface area contributed by atoms with Crippen LogP contribution in [0.2, 0.25) is 0 Å². The molecule has 0 heterocycles. The fourth-order valence-corrected chi connectivity index (χ4v) is 3.65. The molecule has 0 N–H and O–H groups in total. The minimum atomic E-state index is -0.197. The topological polar surface area (TPSA) is 26.3 Å². The van der Waals surface area contributed by atoms with E-state index >= 15 is 0 Å². The van der Waals surface area contributed by atoms with Crippen molar-refractivity contribution in [2.45, 2.75) is 25.7 Å². The molecule has 2 aliphatic carbocycles. The zero-order valence-electron chi connectivity index (χ0n) is 12.4. The molecule has 2 aliphatic rings. The number of rotatable bonds is 6. The van der Waals surface area contributed by atoms with Gasteiger partial charge >= 0.3 is 5.97 Å². The number of carbonyl (C=O) groups is 1. The van der Waals surface area contributed by atoms with Gasteiger partial charge in [-0.3, -0.25) is 0 Å². The van der Waals surface area contributed by atoms with Crippen molar-refractivity contribution in [1.82, 2.24) is 0 Å². The van der Waals surface area contributed by atoms with E-state index in [0.29, 0.717) is 18.1 Å². The number of carbonyl (C=O) groups excluding carboxylic acids is 1. The Bertz CT molecular complexity index is 545. The van der Waals surface area contributed by atoms with Gasteiger partial charge in [-0.2, -0.15) is 0 Å². The molecule has 2 unspecified atom stereocenters. The normalized spacial score (nSPS) is 26.0. The Balaban J connectivity index is 1.43. The minimum absolute atomic E-state index is 0.197. The Kier molecular flexibility index (Phi) is 3.96. The van der Waals surface area contributed by atoms with E-state index in [1.807, 2.05) is 30.3 Å². The van der Waals surface area contributed by atoms with Crippen molar-refractivity contribution in [3.63, 3.8) is 0 Å². The third-order valence-corrected chi connectivity index (χ3v) is 4.91. The van der Waals surface area contributed by atoms with Gasteiger partial charge in [-0.05, 0) is 41.7 Å². The largest absolute Gasteiger partial charge is 0.462 e. The number of hydrogen-bond donors (Lipinski definition) is 0. The second-order valence-electron chi connectivity index (χ2n) is 6.14. The molecule has 2 atom stereocenters. The van der Waals surface area contributed by atoms with Crippen molar-refractivity contribution in [3.8, 4) is 0 Å². The average Bonchev–Trinajstić information content (AvgIpc) is 2.98. The van der Waals surface area contributed by atoms with Gasteiger partial charge in [0.05, 0.1) is 6.61 Å². The molecule has 0 aliphatic heterocycles. The fourth-order valence-electron chi connectivity index (χ4n) is 3.65. The number of fused-ring (bicyclic) bond motifs is 1. The Morgan fingerprint density at radius 1 is 1.24 bits per heavy atom. The summed E-state index contributed by atoms with van der Waals surface area (Å²) in [7, 11) is 0.